The van der Waals surface area contributed by atoms with Crippen LogP contribution in [0.15, 0.2) is 18.2 Å². The van der Waals surface area contributed by atoms with Gasteiger partial charge < -0.3 is 25.4 Å². The fourth-order valence-corrected chi connectivity index (χ4v) is 2.60. The SMILES string of the molecule is COCC(=O)Nc1cccc(NC(=O)NCC2CCCOC2)c1C. The minimum absolute atomic E-state index is 0.0129. The Hall–Kier alpha value is -2.12. The van der Waals surface area contributed by atoms with Gasteiger partial charge in [0.05, 0.1) is 6.61 Å². The van der Waals surface area contributed by atoms with Crippen molar-refractivity contribution in [3.8, 4) is 0 Å². The lowest BCUT2D eigenvalue weighted by molar-refractivity contribution is -0.119. The molecule has 1 aromatic carbocycles. The number of carbonyl (C=O) groups is 2. The number of anilines is 2. The van der Waals surface area contributed by atoms with Crippen LogP contribution in [0.5, 0.6) is 0 Å². The molecule has 2 rings (SSSR count). The minimum Gasteiger partial charge on any atom is -0.381 e. The number of hydrogen-bond donors (Lipinski definition) is 3. The number of methoxy groups -OCH3 is 1. The van der Waals surface area contributed by atoms with E-state index in [2.05, 4.69) is 16.0 Å². The predicted molar refractivity (Wildman–Crippen MR) is 92.2 cm³/mol. The number of benzene rings is 1. The highest BCUT2D eigenvalue weighted by molar-refractivity contribution is 5.95. The summed E-state index contributed by atoms with van der Waals surface area (Å²) in [7, 11) is 1.46. The number of amides is 3. The number of rotatable bonds is 6. The molecule has 0 spiro atoms. The van der Waals surface area contributed by atoms with Gasteiger partial charge in [-0.05, 0) is 43.4 Å². The van der Waals surface area contributed by atoms with Crippen LogP contribution < -0.4 is 16.0 Å². The van der Waals surface area contributed by atoms with Crippen molar-refractivity contribution in [1.29, 1.82) is 0 Å². The standard InChI is InChI=1S/C17H25N3O4/c1-12-14(19-16(21)11-23-2)6-3-7-15(12)20-17(22)18-9-13-5-4-8-24-10-13/h3,6-7,13H,4-5,8-11H2,1-2H3,(H,19,21)(H2,18,20,22). The second kappa shape index (κ2) is 9.24. The van der Waals surface area contributed by atoms with Crippen LogP contribution in [0.1, 0.15) is 18.4 Å². The third-order valence-electron chi connectivity index (χ3n) is 3.94. The monoisotopic (exact) mass is 335 g/mol. The van der Waals surface area contributed by atoms with E-state index in [0.29, 0.717) is 30.4 Å². The maximum absolute atomic E-state index is 12.1. The summed E-state index contributed by atoms with van der Waals surface area (Å²) in [6, 6.07) is 5.10. The lowest BCUT2D eigenvalue weighted by Gasteiger charge is -2.22. The number of ether oxygens (including phenoxy) is 2. The number of nitrogens with one attached hydrogen (secondary N) is 3. The van der Waals surface area contributed by atoms with Crippen LogP contribution >= 0.6 is 0 Å². The van der Waals surface area contributed by atoms with Gasteiger partial charge in [0.25, 0.3) is 0 Å². The van der Waals surface area contributed by atoms with Gasteiger partial charge in [-0.15, -0.1) is 0 Å². The number of urea groups is 1. The van der Waals surface area contributed by atoms with Crippen molar-refractivity contribution < 1.29 is 19.1 Å². The zero-order valence-electron chi connectivity index (χ0n) is 14.2. The molecule has 0 saturated carbocycles. The van der Waals surface area contributed by atoms with Crippen molar-refractivity contribution in [3.63, 3.8) is 0 Å². The molecule has 1 atom stereocenters. The van der Waals surface area contributed by atoms with Crippen molar-refractivity contribution in [3.05, 3.63) is 23.8 Å². The van der Waals surface area contributed by atoms with E-state index in [9.17, 15) is 9.59 Å². The molecule has 0 bridgehead atoms. The molecule has 1 aliphatic heterocycles. The van der Waals surface area contributed by atoms with Gasteiger partial charge in [-0.3, -0.25) is 4.79 Å². The summed E-state index contributed by atoms with van der Waals surface area (Å²) in [6.07, 6.45) is 2.11. The first-order valence-electron chi connectivity index (χ1n) is 8.11. The van der Waals surface area contributed by atoms with Crippen molar-refractivity contribution >= 4 is 23.3 Å². The fourth-order valence-electron chi connectivity index (χ4n) is 2.60. The molecule has 1 aromatic rings. The van der Waals surface area contributed by atoms with E-state index >= 15 is 0 Å². The molecule has 7 heteroatoms. The van der Waals surface area contributed by atoms with E-state index in [1.165, 1.54) is 7.11 Å². The van der Waals surface area contributed by atoms with Crippen molar-refractivity contribution in [2.75, 3.05) is 44.1 Å². The van der Waals surface area contributed by atoms with Crippen molar-refractivity contribution in [2.45, 2.75) is 19.8 Å². The van der Waals surface area contributed by atoms with E-state index in [-0.39, 0.29) is 18.5 Å². The Labute approximate surface area is 142 Å². The topological polar surface area (TPSA) is 88.7 Å². The zero-order valence-corrected chi connectivity index (χ0v) is 14.2. The summed E-state index contributed by atoms with van der Waals surface area (Å²) in [6.45, 7) is 3.92. The zero-order chi connectivity index (χ0) is 17.4. The van der Waals surface area contributed by atoms with E-state index in [1.54, 1.807) is 18.2 Å². The highest BCUT2D eigenvalue weighted by atomic mass is 16.5. The van der Waals surface area contributed by atoms with Crippen LogP contribution in [0, 0.1) is 12.8 Å². The van der Waals surface area contributed by atoms with E-state index in [1.807, 2.05) is 6.92 Å². The van der Waals surface area contributed by atoms with E-state index in [0.717, 1.165) is 25.0 Å². The highest BCUT2D eigenvalue weighted by Crippen LogP contribution is 2.23. The summed E-state index contributed by atoms with van der Waals surface area (Å²) in [5.74, 6) is 0.129. The molecule has 1 aliphatic rings. The smallest absolute Gasteiger partial charge is 0.319 e. The first kappa shape index (κ1) is 18.2. The quantitative estimate of drug-likeness (QED) is 0.743. The maximum Gasteiger partial charge on any atom is 0.319 e. The Balaban J connectivity index is 1.88. The Morgan fingerprint density at radius 2 is 2.04 bits per heavy atom. The molecular weight excluding hydrogens is 310 g/mol. The van der Waals surface area contributed by atoms with Gasteiger partial charge in [-0.2, -0.15) is 0 Å². The Kier molecular flexibility index (Phi) is 7.02. The minimum atomic E-state index is -0.260. The third-order valence-corrected chi connectivity index (χ3v) is 3.94. The maximum atomic E-state index is 12.1. The first-order valence-corrected chi connectivity index (χ1v) is 8.11. The molecule has 0 radical (unpaired) electrons. The second-order valence-electron chi connectivity index (χ2n) is 5.88. The molecule has 1 unspecified atom stereocenters. The van der Waals surface area contributed by atoms with Gasteiger partial charge in [0.1, 0.15) is 6.61 Å². The third kappa shape index (κ3) is 5.50. The molecule has 0 aliphatic carbocycles. The Bertz CT molecular complexity index is 571. The van der Waals surface area contributed by atoms with Gasteiger partial charge in [0, 0.05) is 31.6 Å². The van der Waals surface area contributed by atoms with E-state index < -0.39 is 0 Å². The molecule has 132 valence electrons. The molecule has 0 aromatic heterocycles. The summed E-state index contributed by atoms with van der Waals surface area (Å²) in [5.41, 5.74) is 2.09. The van der Waals surface area contributed by atoms with Gasteiger partial charge in [0.15, 0.2) is 0 Å². The lowest BCUT2D eigenvalue weighted by atomic mass is 10.0. The molecular formula is C17H25N3O4. The average Bonchev–Trinajstić information content (AvgIpc) is 2.58. The van der Waals surface area contributed by atoms with Gasteiger partial charge in [-0.25, -0.2) is 4.79 Å². The second-order valence-corrected chi connectivity index (χ2v) is 5.88. The molecule has 7 nitrogen and oxygen atoms in total. The Morgan fingerprint density at radius 3 is 2.71 bits per heavy atom. The summed E-state index contributed by atoms with van der Waals surface area (Å²) in [4.78, 5) is 23.7. The normalized spacial score (nSPS) is 17.2. The van der Waals surface area contributed by atoms with Gasteiger partial charge in [0.2, 0.25) is 5.91 Å². The lowest BCUT2D eigenvalue weighted by Crippen LogP contribution is -2.36. The van der Waals surface area contributed by atoms with Crippen molar-refractivity contribution in [1.82, 2.24) is 5.32 Å². The van der Waals surface area contributed by atoms with Gasteiger partial charge >= 0.3 is 6.03 Å². The van der Waals surface area contributed by atoms with Crippen LogP contribution in [-0.4, -0.2) is 45.4 Å². The molecule has 3 amide bonds. The molecule has 24 heavy (non-hydrogen) atoms. The number of carbonyl (C=O) groups excluding carboxylic acids is 2. The average molecular weight is 335 g/mol. The molecule has 1 heterocycles. The molecule has 1 fully saturated rings. The first-order chi connectivity index (χ1) is 11.6. The fraction of sp³-hybridized carbons (Fsp3) is 0.529. The van der Waals surface area contributed by atoms with Crippen LogP contribution in [0.25, 0.3) is 0 Å². The van der Waals surface area contributed by atoms with E-state index in [4.69, 9.17) is 9.47 Å². The van der Waals surface area contributed by atoms with Crippen LogP contribution in [0.2, 0.25) is 0 Å². The summed E-state index contributed by atoms with van der Waals surface area (Å²) < 4.78 is 10.2. The largest absolute Gasteiger partial charge is 0.381 e. The van der Waals surface area contributed by atoms with Crippen molar-refractivity contribution in [2.24, 2.45) is 5.92 Å². The predicted octanol–water partition coefficient (Wildman–Crippen LogP) is 2.13. The van der Waals surface area contributed by atoms with Crippen LogP contribution in [-0.2, 0) is 14.3 Å². The van der Waals surface area contributed by atoms with Gasteiger partial charge in [-0.1, -0.05) is 6.07 Å². The summed E-state index contributed by atoms with van der Waals surface area (Å²) in [5, 5.41) is 8.45. The summed E-state index contributed by atoms with van der Waals surface area (Å²) >= 11 is 0. The molecule has 3 N–H and O–H groups in total. The van der Waals surface area contributed by atoms with Crippen LogP contribution in [0.3, 0.4) is 0 Å². The highest BCUT2D eigenvalue weighted by Gasteiger charge is 2.15. The number of hydrogen-bond acceptors (Lipinski definition) is 4. The Morgan fingerprint density at radius 1 is 1.29 bits per heavy atom. The molecule has 1 saturated heterocycles. The van der Waals surface area contributed by atoms with Crippen LogP contribution in [0.4, 0.5) is 16.2 Å².